The molecule has 39 heavy (non-hydrogen) atoms. The van der Waals surface area contributed by atoms with E-state index >= 15 is 8.78 Å². The largest absolute Gasteiger partial charge is 0.375 e. The quantitative estimate of drug-likeness (QED) is 0.206. The average molecular weight is 555 g/mol. The zero-order valence-corrected chi connectivity index (χ0v) is 25.4. The first-order valence-corrected chi connectivity index (χ1v) is 17.5. The van der Waals surface area contributed by atoms with E-state index in [0.29, 0.717) is 36.7 Å². The van der Waals surface area contributed by atoms with Crippen LogP contribution < -0.4 is 0 Å². The lowest BCUT2D eigenvalue weighted by atomic mass is 9.66. The molecule has 0 amide bonds. The molecule has 0 heterocycles. The molecule has 228 valence electrons. The van der Waals surface area contributed by atoms with Crippen molar-refractivity contribution < 1.29 is 17.9 Å². The van der Waals surface area contributed by atoms with E-state index < -0.39 is 18.5 Å². The van der Waals surface area contributed by atoms with Crippen LogP contribution in [0.5, 0.6) is 0 Å². The Bertz CT molecular complexity index is 656. The van der Waals surface area contributed by atoms with Crippen molar-refractivity contribution in [1.29, 1.82) is 0 Å². The molecule has 0 N–H and O–H groups in total. The molecule has 0 aliphatic heterocycles. The molecule has 0 saturated heterocycles. The Labute approximate surface area is 239 Å². The monoisotopic (exact) mass is 554 g/mol. The predicted octanol–water partition coefficient (Wildman–Crippen LogP) is 11.0. The van der Waals surface area contributed by atoms with E-state index in [-0.39, 0.29) is 17.9 Å². The third kappa shape index (κ3) is 9.12. The van der Waals surface area contributed by atoms with Gasteiger partial charge < -0.3 is 4.74 Å². The molecule has 6 unspecified atom stereocenters. The summed E-state index contributed by atoms with van der Waals surface area (Å²) in [5, 5.41) is 0. The van der Waals surface area contributed by atoms with Gasteiger partial charge in [-0.1, -0.05) is 78.1 Å². The lowest BCUT2D eigenvalue weighted by Crippen LogP contribution is -2.42. The van der Waals surface area contributed by atoms with Gasteiger partial charge in [0.2, 0.25) is 0 Å². The summed E-state index contributed by atoms with van der Waals surface area (Å²) in [6.07, 6.45) is 19.8. The first kappa shape index (κ1) is 31.7. The minimum atomic E-state index is -1.25. The Kier molecular flexibility index (Phi) is 13.3. The molecule has 7 atom stereocenters. The van der Waals surface area contributed by atoms with Gasteiger partial charge in [-0.15, -0.1) is 0 Å². The van der Waals surface area contributed by atoms with Crippen molar-refractivity contribution in [3.63, 3.8) is 0 Å². The molecule has 4 rings (SSSR count). The lowest BCUT2D eigenvalue weighted by molar-refractivity contribution is -0.0469. The van der Waals surface area contributed by atoms with Crippen molar-refractivity contribution in [2.75, 3.05) is 6.61 Å². The predicted molar refractivity (Wildman–Crippen MR) is 157 cm³/mol. The van der Waals surface area contributed by atoms with E-state index in [1.807, 2.05) is 0 Å². The summed E-state index contributed by atoms with van der Waals surface area (Å²) in [6.45, 7) is 5.10. The summed E-state index contributed by atoms with van der Waals surface area (Å²) in [4.78, 5) is 0. The second-order valence-electron chi connectivity index (χ2n) is 14.4. The van der Waals surface area contributed by atoms with E-state index in [4.69, 9.17) is 4.74 Å². The summed E-state index contributed by atoms with van der Waals surface area (Å²) in [5.41, 5.74) is 0. The third-order valence-electron chi connectivity index (χ3n) is 11.8. The number of hydrogen-bond donors (Lipinski definition) is 0. The number of alkyl halides is 3. The summed E-state index contributed by atoms with van der Waals surface area (Å²) in [6, 6.07) is 0. The molecule has 0 aromatic carbocycles. The fourth-order valence-corrected chi connectivity index (χ4v) is 9.12. The van der Waals surface area contributed by atoms with Crippen LogP contribution in [0.25, 0.3) is 0 Å². The summed E-state index contributed by atoms with van der Waals surface area (Å²) < 4.78 is 51.3. The highest BCUT2D eigenvalue weighted by Crippen LogP contribution is 2.47. The maximum atomic E-state index is 15.4. The van der Waals surface area contributed by atoms with Gasteiger partial charge in [-0.3, -0.25) is 0 Å². The molecule has 4 heteroatoms. The van der Waals surface area contributed by atoms with Gasteiger partial charge in [0, 0.05) is 6.61 Å². The van der Waals surface area contributed by atoms with Gasteiger partial charge in [0.25, 0.3) is 0 Å². The van der Waals surface area contributed by atoms with E-state index in [1.54, 1.807) is 0 Å². The molecule has 0 aromatic heterocycles. The smallest absolute Gasteiger partial charge is 0.134 e. The standard InChI is InChI=1S/C35H61F3O/c1-3-5-7-8-25-11-16-28(17-12-25)31-21-19-29(34(37)35(31)38)18-13-26-9-14-27(15-10-26)30-20-22-33(32(36)24-30)39-23-6-4-2/h25-35H,3-24H2,1-2H3/t25?,26?,27?,28?,29?,30?,31?,32?,33?,34-,35?/m0/s1. The van der Waals surface area contributed by atoms with Gasteiger partial charge in [-0.05, 0) is 112 Å². The van der Waals surface area contributed by atoms with Gasteiger partial charge in [-0.2, -0.15) is 0 Å². The van der Waals surface area contributed by atoms with Crippen molar-refractivity contribution in [3.05, 3.63) is 0 Å². The van der Waals surface area contributed by atoms with Crippen LogP contribution in [0, 0.1) is 41.4 Å². The van der Waals surface area contributed by atoms with Crippen LogP contribution in [0.1, 0.15) is 149 Å². The highest BCUT2D eigenvalue weighted by Gasteiger charge is 2.44. The maximum absolute atomic E-state index is 15.4. The van der Waals surface area contributed by atoms with Crippen molar-refractivity contribution in [1.82, 2.24) is 0 Å². The van der Waals surface area contributed by atoms with Crippen LogP contribution in [0.2, 0.25) is 0 Å². The van der Waals surface area contributed by atoms with E-state index in [2.05, 4.69) is 13.8 Å². The number of hydrogen-bond acceptors (Lipinski definition) is 1. The zero-order valence-electron chi connectivity index (χ0n) is 25.4. The molecular weight excluding hydrogens is 493 g/mol. The van der Waals surface area contributed by atoms with Gasteiger partial charge in [0.15, 0.2) is 0 Å². The summed E-state index contributed by atoms with van der Waals surface area (Å²) >= 11 is 0. The van der Waals surface area contributed by atoms with Crippen molar-refractivity contribution in [2.24, 2.45) is 41.4 Å². The molecular formula is C35H61F3O. The molecule has 0 bridgehead atoms. The first-order chi connectivity index (χ1) is 19.0. The molecule has 4 saturated carbocycles. The number of halogens is 3. The topological polar surface area (TPSA) is 9.23 Å². The van der Waals surface area contributed by atoms with E-state index in [0.717, 1.165) is 70.1 Å². The molecule has 4 aliphatic carbocycles. The number of rotatable bonds is 13. The van der Waals surface area contributed by atoms with Crippen LogP contribution in [-0.2, 0) is 4.74 Å². The Balaban J connectivity index is 1.11. The van der Waals surface area contributed by atoms with Crippen LogP contribution in [-0.4, -0.2) is 31.2 Å². The Morgan fingerprint density at radius 2 is 1.21 bits per heavy atom. The van der Waals surface area contributed by atoms with Crippen molar-refractivity contribution in [3.8, 4) is 0 Å². The zero-order chi connectivity index (χ0) is 27.6. The van der Waals surface area contributed by atoms with Gasteiger partial charge in [0.1, 0.15) is 18.5 Å². The fourth-order valence-electron chi connectivity index (χ4n) is 9.12. The highest BCUT2D eigenvalue weighted by atomic mass is 19.2. The molecule has 0 radical (unpaired) electrons. The first-order valence-electron chi connectivity index (χ1n) is 17.5. The minimum Gasteiger partial charge on any atom is -0.375 e. The van der Waals surface area contributed by atoms with Crippen LogP contribution in [0.4, 0.5) is 13.2 Å². The van der Waals surface area contributed by atoms with Crippen molar-refractivity contribution in [2.45, 2.75) is 173 Å². The second kappa shape index (κ2) is 16.4. The Morgan fingerprint density at radius 3 is 1.87 bits per heavy atom. The van der Waals surface area contributed by atoms with E-state index in [9.17, 15) is 4.39 Å². The molecule has 4 aliphatic rings. The van der Waals surface area contributed by atoms with Gasteiger partial charge in [0.05, 0.1) is 6.10 Å². The lowest BCUT2D eigenvalue weighted by Gasteiger charge is -2.42. The third-order valence-corrected chi connectivity index (χ3v) is 11.8. The maximum Gasteiger partial charge on any atom is 0.134 e. The summed E-state index contributed by atoms with van der Waals surface area (Å²) in [5.74, 6) is 2.95. The highest BCUT2D eigenvalue weighted by molar-refractivity contribution is 4.93. The minimum absolute atomic E-state index is 0.0326. The fraction of sp³-hybridized carbons (Fsp3) is 1.00. The van der Waals surface area contributed by atoms with Crippen molar-refractivity contribution >= 4 is 0 Å². The normalized spacial score (nSPS) is 41.9. The Morgan fingerprint density at radius 1 is 0.564 bits per heavy atom. The average Bonchev–Trinajstić information content (AvgIpc) is 2.96. The molecule has 4 fully saturated rings. The number of ether oxygens (including phenoxy) is 1. The number of unbranched alkanes of at least 4 members (excludes halogenated alkanes) is 3. The van der Waals surface area contributed by atoms with Gasteiger partial charge >= 0.3 is 0 Å². The second-order valence-corrected chi connectivity index (χ2v) is 14.4. The van der Waals surface area contributed by atoms with E-state index in [1.165, 1.54) is 64.2 Å². The molecule has 0 aromatic rings. The van der Waals surface area contributed by atoms with Crippen LogP contribution in [0.15, 0.2) is 0 Å². The summed E-state index contributed by atoms with van der Waals surface area (Å²) in [7, 11) is 0. The Hall–Kier alpha value is -0.250. The van der Waals surface area contributed by atoms with Crippen LogP contribution >= 0.6 is 0 Å². The van der Waals surface area contributed by atoms with Gasteiger partial charge in [-0.25, -0.2) is 13.2 Å². The van der Waals surface area contributed by atoms with Crippen LogP contribution in [0.3, 0.4) is 0 Å². The molecule has 1 nitrogen and oxygen atoms in total. The SMILES string of the molecule is CCCCCC1CCC(C2CCC(CCC3CCC(C4CCC(OCCCC)C(F)C4)CC3)[C@H](F)C2F)CC1. The molecule has 0 spiro atoms.